The fourth-order valence-corrected chi connectivity index (χ4v) is 3.98. The van der Waals surface area contributed by atoms with Gasteiger partial charge >= 0.3 is 0 Å². The highest BCUT2D eigenvalue weighted by Crippen LogP contribution is 2.24. The van der Waals surface area contributed by atoms with Crippen molar-refractivity contribution in [3.05, 3.63) is 103 Å². The number of fused-ring (bicyclic) bond motifs is 2. The lowest BCUT2D eigenvalue weighted by Gasteiger charge is -2.10. The summed E-state index contributed by atoms with van der Waals surface area (Å²) in [6.07, 6.45) is 3.43. The molecule has 0 atom stereocenters. The minimum Gasteiger partial charge on any atom is -0.484 e. The molecule has 3 heterocycles. The maximum Gasteiger partial charge on any atom is 0.262 e. The second-order valence-electron chi connectivity index (χ2n) is 8.18. The van der Waals surface area contributed by atoms with E-state index in [0.29, 0.717) is 22.9 Å². The molecular weight excluding hydrogens is 452 g/mol. The number of rotatable bonds is 6. The van der Waals surface area contributed by atoms with Gasteiger partial charge in [-0.05, 0) is 59.3 Å². The van der Waals surface area contributed by atoms with Crippen LogP contribution in [-0.4, -0.2) is 37.3 Å². The molecule has 0 spiro atoms. The molecule has 3 aromatic carbocycles. The maximum atomic E-state index is 12.6. The number of nitrogens with one attached hydrogen (secondary N) is 1. The van der Waals surface area contributed by atoms with Gasteiger partial charge in [-0.2, -0.15) is 9.61 Å². The predicted molar refractivity (Wildman–Crippen MR) is 138 cm³/mol. The summed E-state index contributed by atoms with van der Waals surface area (Å²) in [6.45, 7) is -0.0953. The summed E-state index contributed by atoms with van der Waals surface area (Å²) in [6, 6.07) is 28.8. The Bertz CT molecular complexity index is 1700. The molecule has 0 radical (unpaired) electrons. The highest BCUT2D eigenvalue weighted by Gasteiger charge is 2.12. The molecule has 0 saturated carbocycles. The van der Waals surface area contributed by atoms with Gasteiger partial charge in [0.2, 0.25) is 0 Å². The Morgan fingerprint density at radius 3 is 2.61 bits per heavy atom. The molecule has 0 aliphatic heterocycles. The van der Waals surface area contributed by atoms with Crippen molar-refractivity contribution in [1.29, 1.82) is 0 Å². The van der Waals surface area contributed by atoms with E-state index in [1.807, 2.05) is 91.0 Å². The number of nitrogens with zero attached hydrogens (tertiary/aromatic N) is 5. The van der Waals surface area contributed by atoms with Gasteiger partial charge in [0.15, 0.2) is 18.1 Å². The van der Waals surface area contributed by atoms with Crippen molar-refractivity contribution in [3.63, 3.8) is 0 Å². The molecule has 36 heavy (non-hydrogen) atoms. The van der Waals surface area contributed by atoms with Gasteiger partial charge < -0.3 is 10.1 Å². The maximum absolute atomic E-state index is 12.6. The lowest BCUT2D eigenvalue weighted by atomic mass is 10.1. The highest BCUT2D eigenvalue weighted by molar-refractivity contribution is 5.92. The van der Waals surface area contributed by atoms with Crippen LogP contribution in [0.1, 0.15) is 0 Å². The number of pyridine rings is 1. The third kappa shape index (κ3) is 4.35. The number of benzene rings is 3. The second kappa shape index (κ2) is 9.27. The fraction of sp³-hybridized carbons (Fsp3) is 0.0357. The first-order chi connectivity index (χ1) is 17.7. The van der Waals surface area contributed by atoms with Crippen molar-refractivity contribution in [2.75, 3.05) is 11.9 Å². The minimum absolute atomic E-state index is 0.0953. The Balaban J connectivity index is 1.18. The zero-order valence-corrected chi connectivity index (χ0v) is 19.1. The van der Waals surface area contributed by atoms with Crippen LogP contribution in [0, 0.1) is 0 Å². The summed E-state index contributed by atoms with van der Waals surface area (Å²) in [7, 11) is 0. The van der Waals surface area contributed by atoms with Crippen LogP contribution in [0.5, 0.6) is 5.75 Å². The Morgan fingerprint density at radius 1 is 0.833 bits per heavy atom. The molecule has 6 rings (SSSR count). The number of carbonyl (C=O) groups is 1. The van der Waals surface area contributed by atoms with E-state index < -0.39 is 0 Å². The second-order valence-corrected chi connectivity index (χ2v) is 8.18. The van der Waals surface area contributed by atoms with Gasteiger partial charge in [0.25, 0.3) is 5.91 Å². The van der Waals surface area contributed by atoms with Crippen LogP contribution in [0.25, 0.3) is 39.1 Å². The first-order valence-corrected chi connectivity index (χ1v) is 11.4. The van der Waals surface area contributed by atoms with E-state index in [4.69, 9.17) is 9.84 Å². The first-order valence-electron chi connectivity index (χ1n) is 11.4. The van der Waals surface area contributed by atoms with E-state index in [0.717, 1.165) is 27.6 Å². The summed E-state index contributed by atoms with van der Waals surface area (Å²) >= 11 is 0. The van der Waals surface area contributed by atoms with E-state index in [2.05, 4.69) is 20.5 Å². The van der Waals surface area contributed by atoms with Gasteiger partial charge in [0, 0.05) is 29.2 Å². The molecule has 8 nitrogen and oxygen atoms in total. The summed E-state index contributed by atoms with van der Waals surface area (Å²) in [5.74, 6) is 1.00. The van der Waals surface area contributed by atoms with Crippen molar-refractivity contribution >= 4 is 28.0 Å². The Hall–Kier alpha value is -5.11. The van der Waals surface area contributed by atoms with Crippen LogP contribution in [0.2, 0.25) is 0 Å². The Labute approximate surface area is 206 Å². The van der Waals surface area contributed by atoms with Gasteiger partial charge in [0.05, 0.1) is 5.69 Å². The average Bonchev–Trinajstić information content (AvgIpc) is 3.36. The third-order valence-electron chi connectivity index (χ3n) is 5.72. The van der Waals surface area contributed by atoms with Crippen molar-refractivity contribution in [2.24, 2.45) is 0 Å². The lowest BCUT2D eigenvalue weighted by molar-refractivity contribution is -0.118. The fourth-order valence-electron chi connectivity index (χ4n) is 3.98. The van der Waals surface area contributed by atoms with Crippen LogP contribution in [0.15, 0.2) is 103 Å². The molecule has 6 aromatic rings. The molecule has 1 amide bonds. The monoisotopic (exact) mass is 472 g/mol. The van der Waals surface area contributed by atoms with E-state index >= 15 is 0 Å². The van der Waals surface area contributed by atoms with E-state index in [9.17, 15) is 4.79 Å². The van der Waals surface area contributed by atoms with Gasteiger partial charge in [0.1, 0.15) is 5.75 Å². The summed E-state index contributed by atoms with van der Waals surface area (Å²) in [4.78, 5) is 16.7. The number of hydrogen-bond acceptors (Lipinski definition) is 6. The van der Waals surface area contributed by atoms with Gasteiger partial charge in [-0.15, -0.1) is 10.2 Å². The third-order valence-corrected chi connectivity index (χ3v) is 5.72. The van der Waals surface area contributed by atoms with Gasteiger partial charge in [-0.3, -0.25) is 9.78 Å². The normalized spacial score (nSPS) is 11.0. The van der Waals surface area contributed by atoms with Gasteiger partial charge in [-0.1, -0.05) is 42.5 Å². The minimum atomic E-state index is -0.249. The lowest BCUT2D eigenvalue weighted by Crippen LogP contribution is -2.20. The highest BCUT2D eigenvalue weighted by atomic mass is 16.5. The zero-order valence-electron chi connectivity index (χ0n) is 19.1. The summed E-state index contributed by atoms with van der Waals surface area (Å²) in [5.41, 5.74) is 3.67. The van der Waals surface area contributed by atoms with E-state index in [-0.39, 0.29) is 12.5 Å². The van der Waals surface area contributed by atoms with Crippen LogP contribution >= 0.6 is 0 Å². The van der Waals surface area contributed by atoms with Crippen molar-refractivity contribution in [1.82, 2.24) is 24.8 Å². The van der Waals surface area contributed by atoms with Crippen LogP contribution in [0.3, 0.4) is 0 Å². The standard InChI is InChI=1S/C28H20N6O2/c35-27(18-36-24-11-10-19-5-1-2-6-20(19)16-24)30-23-9-3-7-21(15-23)25-12-13-26-31-32-28(34(26)33-25)22-8-4-14-29-17-22/h1-17H,18H2,(H,30,35). The largest absolute Gasteiger partial charge is 0.484 e. The molecule has 0 unspecified atom stereocenters. The number of amides is 1. The molecule has 0 aliphatic carbocycles. The van der Waals surface area contributed by atoms with Crippen LogP contribution in [-0.2, 0) is 4.79 Å². The zero-order chi connectivity index (χ0) is 24.3. The number of hydrogen-bond donors (Lipinski definition) is 1. The number of anilines is 1. The van der Waals surface area contributed by atoms with Crippen molar-refractivity contribution < 1.29 is 9.53 Å². The molecule has 0 aliphatic rings. The average molecular weight is 473 g/mol. The Kier molecular flexibility index (Phi) is 5.51. The smallest absolute Gasteiger partial charge is 0.262 e. The quantitative estimate of drug-likeness (QED) is 0.366. The Morgan fingerprint density at radius 2 is 1.72 bits per heavy atom. The molecule has 174 valence electrons. The SMILES string of the molecule is O=C(COc1ccc2ccccc2c1)Nc1cccc(-c2ccc3nnc(-c4cccnc4)n3n2)c1. The molecule has 0 bridgehead atoms. The van der Waals surface area contributed by atoms with E-state index in [1.54, 1.807) is 16.9 Å². The van der Waals surface area contributed by atoms with Crippen molar-refractivity contribution in [2.45, 2.75) is 0 Å². The molecule has 3 aromatic heterocycles. The summed E-state index contributed by atoms with van der Waals surface area (Å²) in [5, 5.41) is 18.3. The molecule has 0 saturated heterocycles. The number of ether oxygens (including phenoxy) is 1. The first kappa shape index (κ1) is 21.4. The number of carbonyl (C=O) groups excluding carboxylic acids is 1. The van der Waals surface area contributed by atoms with Gasteiger partial charge in [-0.25, -0.2) is 0 Å². The molecular formula is C28H20N6O2. The van der Waals surface area contributed by atoms with Crippen molar-refractivity contribution in [3.8, 4) is 28.4 Å². The van der Waals surface area contributed by atoms with Crippen LogP contribution in [0.4, 0.5) is 5.69 Å². The molecule has 0 fully saturated rings. The molecule has 1 N–H and O–H groups in total. The molecule has 8 heteroatoms. The number of aromatic nitrogens is 5. The van der Waals surface area contributed by atoms with Crippen LogP contribution < -0.4 is 10.1 Å². The topological polar surface area (TPSA) is 94.3 Å². The van der Waals surface area contributed by atoms with E-state index in [1.165, 1.54) is 0 Å². The predicted octanol–water partition coefficient (Wildman–Crippen LogP) is 5.02. The summed E-state index contributed by atoms with van der Waals surface area (Å²) < 4.78 is 7.40.